The van der Waals surface area contributed by atoms with Crippen molar-refractivity contribution in [3.63, 3.8) is 0 Å². The molecule has 6 heteroatoms. The van der Waals surface area contributed by atoms with E-state index in [1.807, 2.05) is 18.2 Å². The summed E-state index contributed by atoms with van der Waals surface area (Å²) in [6.07, 6.45) is 1.00. The first kappa shape index (κ1) is 10.8. The van der Waals surface area contributed by atoms with E-state index in [4.69, 9.17) is 5.73 Å². The second-order valence-electron chi connectivity index (χ2n) is 4.40. The van der Waals surface area contributed by atoms with Gasteiger partial charge in [0.2, 0.25) is 0 Å². The van der Waals surface area contributed by atoms with E-state index in [1.165, 1.54) is 11.3 Å². The molecule has 0 fully saturated rings. The average molecular weight is 243 g/mol. The first-order valence-corrected chi connectivity index (χ1v) is 5.72. The van der Waals surface area contributed by atoms with Gasteiger partial charge < -0.3 is 10.6 Å². The minimum atomic E-state index is -0.573. The topological polar surface area (TPSA) is 87.9 Å². The normalized spacial score (nSPS) is 13.7. The molecular weight excluding hydrogens is 230 g/mol. The maximum Gasteiger partial charge on any atom is 0.271 e. The first-order valence-electron chi connectivity index (χ1n) is 5.72. The molecule has 2 aromatic rings. The summed E-state index contributed by atoms with van der Waals surface area (Å²) in [7, 11) is 2.07. The van der Waals surface area contributed by atoms with Crippen LogP contribution in [0.5, 0.6) is 0 Å². The molecule has 3 N–H and O–H groups in total. The number of aromatic nitrogens is 3. The van der Waals surface area contributed by atoms with Crippen LogP contribution in [-0.4, -0.2) is 34.9 Å². The average Bonchev–Trinajstić information content (AvgIpc) is 2.96. The lowest BCUT2D eigenvalue weighted by molar-refractivity contribution is 0.0996. The van der Waals surface area contributed by atoms with E-state index in [0.717, 1.165) is 18.5 Å². The number of rotatable bonds is 2. The number of hydrogen-bond donors (Lipinski definition) is 2. The number of nitrogens with zero attached hydrogens (tertiary/aromatic N) is 3. The van der Waals surface area contributed by atoms with Gasteiger partial charge in [0.25, 0.3) is 5.91 Å². The lowest BCUT2D eigenvalue weighted by Crippen LogP contribution is -2.13. The summed E-state index contributed by atoms with van der Waals surface area (Å²) in [5, 5.41) is 10.2. The molecule has 1 aromatic carbocycles. The maximum absolute atomic E-state index is 11.2. The minimum Gasteiger partial charge on any atom is -0.374 e. The third-order valence-corrected chi connectivity index (χ3v) is 3.26. The van der Waals surface area contributed by atoms with Crippen molar-refractivity contribution in [2.24, 2.45) is 5.73 Å². The zero-order valence-corrected chi connectivity index (χ0v) is 9.97. The summed E-state index contributed by atoms with van der Waals surface area (Å²) in [5.41, 5.74) is 9.31. The third-order valence-electron chi connectivity index (χ3n) is 3.26. The molecule has 1 aromatic heterocycles. The molecule has 18 heavy (non-hydrogen) atoms. The highest BCUT2D eigenvalue weighted by Gasteiger charge is 2.19. The quantitative estimate of drug-likeness (QED) is 0.806. The highest BCUT2D eigenvalue weighted by Crippen LogP contribution is 2.31. The van der Waals surface area contributed by atoms with Gasteiger partial charge in [-0.1, -0.05) is 6.07 Å². The molecule has 0 atom stereocenters. The fourth-order valence-corrected chi connectivity index (χ4v) is 2.32. The monoisotopic (exact) mass is 243 g/mol. The Bertz CT molecular complexity index is 619. The number of benzene rings is 1. The molecule has 0 saturated heterocycles. The summed E-state index contributed by atoms with van der Waals surface area (Å²) in [6, 6.07) is 6.02. The van der Waals surface area contributed by atoms with Crippen molar-refractivity contribution in [1.29, 1.82) is 0 Å². The number of primary amides is 1. The standard InChI is InChI=1S/C12H13N5O/c1-17-5-4-7-6-8(2-3-9(7)17)10-11(12(13)18)15-16-14-10/h2-3,6H,4-5H2,1H3,(H2,13,18)(H,14,15,16). The van der Waals surface area contributed by atoms with Crippen LogP contribution < -0.4 is 10.6 Å². The predicted molar refractivity (Wildman–Crippen MR) is 67.3 cm³/mol. The number of hydrogen-bond acceptors (Lipinski definition) is 4. The lowest BCUT2D eigenvalue weighted by Gasteiger charge is -2.11. The van der Waals surface area contributed by atoms with Crippen molar-refractivity contribution < 1.29 is 4.79 Å². The van der Waals surface area contributed by atoms with Crippen molar-refractivity contribution in [3.05, 3.63) is 29.5 Å². The molecular formula is C12H13N5O. The Labute approximate surface area is 104 Å². The SMILES string of the molecule is CN1CCc2cc(-c3n[nH]nc3C(N)=O)ccc21. The smallest absolute Gasteiger partial charge is 0.271 e. The Morgan fingerprint density at radius 2 is 2.28 bits per heavy atom. The fraction of sp³-hybridized carbons (Fsp3) is 0.250. The Kier molecular flexibility index (Phi) is 2.29. The van der Waals surface area contributed by atoms with E-state index < -0.39 is 5.91 Å². The maximum atomic E-state index is 11.2. The van der Waals surface area contributed by atoms with Crippen LogP contribution in [-0.2, 0) is 6.42 Å². The van der Waals surface area contributed by atoms with Crippen molar-refractivity contribution >= 4 is 11.6 Å². The van der Waals surface area contributed by atoms with Crippen LogP contribution in [0.15, 0.2) is 18.2 Å². The number of likely N-dealkylation sites (N-methyl/N-ethyl adjacent to an activating group) is 1. The Morgan fingerprint density at radius 3 is 3.06 bits per heavy atom. The van der Waals surface area contributed by atoms with Crippen molar-refractivity contribution in [1.82, 2.24) is 15.4 Å². The molecule has 0 radical (unpaired) electrons. The van der Waals surface area contributed by atoms with E-state index in [0.29, 0.717) is 5.69 Å². The molecule has 0 unspecified atom stereocenters. The van der Waals surface area contributed by atoms with Crippen LogP contribution in [0.25, 0.3) is 11.3 Å². The summed E-state index contributed by atoms with van der Waals surface area (Å²) < 4.78 is 0. The van der Waals surface area contributed by atoms with Gasteiger partial charge in [-0.2, -0.15) is 15.4 Å². The molecule has 0 bridgehead atoms. The molecule has 2 heterocycles. The van der Waals surface area contributed by atoms with E-state index in [1.54, 1.807) is 0 Å². The minimum absolute atomic E-state index is 0.182. The number of fused-ring (bicyclic) bond motifs is 1. The second kappa shape index (κ2) is 3.83. The number of anilines is 1. The van der Waals surface area contributed by atoms with Crippen LogP contribution in [0.1, 0.15) is 16.1 Å². The molecule has 1 amide bonds. The van der Waals surface area contributed by atoms with Crippen LogP contribution in [0.4, 0.5) is 5.69 Å². The molecule has 92 valence electrons. The number of nitrogens with one attached hydrogen (secondary N) is 1. The zero-order chi connectivity index (χ0) is 12.7. The zero-order valence-electron chi connectivity index (χ0n) is 9.97. The first-order chi connectivity index (χ1) is 8.66. The molecule has 1 aliphatic heterocycles. The van der Waals surface area contributed by atoms with Gasteiger partial charge >= 0.3 is 0 Å². The van der Waals surface area contributed by atoms with Crippen LogP contribution >= 0.6 is 0 Å². The van der Waals surface area contributed by atoms with E-state index in [-0.39, 0.29) is 5.69 Å². The van der Waals surface area contributed by atoms with Crippen LogP contribution in [0, 0.1) is 0 Å². The van der Waals surface area contributed by atoms with E-state index in [9.17, 15) is 4.79 Å². The highest BCUT2D eigenvalue weighted by molar-refractivity contribution is 5.96. The number of carbonyl (C=O) groups is 1. The van der Waals surface area contributed by atoms with Gasteiger partial charge in [0.05, 0.1) is 0 Å². The number of aromatic amines is 1. The highest BCUT2D eigenvalue weighted by atomic mass is 16.1. The summed E-state index contributed by atoms with van der Waals surface area (Å²) in [4.78, 5) is 13.4. The van der Waals surface area contributed by atoms with Crippen LogP contribution in [0.3, 0.4) is 0 Å². The van der Waals surface area contributed by atoms with Gasteiger partial charge in [0.1, 0.15) is 5.69 Å². The van der Waals surface area contributed by atoms with Crippen LogP contribution in [0.2, 0.25) is 0 Å². The lowest BCUT2D eigenvalue weighted by atomic mass is 10.0. The Morgan fingerprint density at radius 1 is 1.44 bits per heavy atom. The molecule has 0 spiro atoms. The fourth-order valence-electron chi connectivity index (χ4n) is 2.32. The molecule has 0 saturated carbocycles. The van der Waals surface area contributed by atoms with Gasteiger partial charge in [-0.15, -0.1) is 0 Å². The number of nitrogens with two attached hydrogens (primary N) is 1. The second-order valence-corrected chi connectivity index (χ2v) is 4.40. The predicted octanol–water partition coefficient (Wildman–Crippen LogP) is 0.563. The van der Waals surface area contributed by atoms with Gasteiger partial charge in [0, 0.05) is 24.8 Å². The number of carbonyl (C=O) groups excluding carboxylic acids is 1. The van der Waals surface area contributed by atoms with Crippen molar-refractivity contribution in [2.45, 2.75) is 6.42 Å². The van der Waals surface area contributed by atoms with E-state index >= 15 is 0 Å². The summed E-state index contributed by atoms with van der Waals surface area (Å²) in [5.74, 6) is -0.573. The number of amides is 1. The summed E-state index contributed by atoms with van der Waals surface area (Å²) in [6.45, 7) is 1.01. The molecule has 0 aliphatic carbocycles. The Balaban J connectivity index is 2.08. The molecule has 6 nitrogen and oxygen atoms in total. The van der Waals surface area contributed by atoms with Gasteiger partial charge in [-0.25, -0.2) is 0 Å². The Hall–Kier alpha value is -2.37. The van der Waals surface area contributed by atoms with Gasteiger partial charge in [0.15, 0.2) is 5.69 Å². The largest absolute Gasteiger partial charge is 0.374 e. The van der Waals surface area contributed by atoms with E-state index in [2.05, 4.69) is 27.4 Å². The number of H-pyrrole nitrogens is 1. The van der Waals surface area contributed by atoms with Gasteiger partial charge in [-0.3, -0.25) is 4.79 Å². The van der Waals surface area contributed by atoms with Crippen molar-refractivity contribution in [2.75, 3.05) is 18.5 Å². The third kappa shape index (κ3) is 1.54. The summed E-state index contributed by atoms with van der Waals surface area (Å²) >= 11 is 0. The molecule has 3 rings (SSSR count). The van der Waals surface area contributed by atoms with Gasteiger partial charge in [-0.05, 0) is 24.1 Å². The van der Waals surface area contributed by atoms with Crippen molar-refractivity contribution in [3.8, 4) is 11.3 Å². The molecule has 1 aliphatic rings.